The molecular formula is C13H21N3. The van der Waals surface area contributed by atoms with Crippen LogP contribution in [0.15, 0.2) is 12.4 Å². The van der Waals surface area contributed by atoms with E-state index in [1.807, 2.05) is 6.20 Å². The molecule has 3 heteroatoms. The fourth-order valence-electron chi connectivity index (χ4n) is 3.64. The van der Waals surface area contributed by atoms with Gasteiger partial charge in [-0.2, -0.15) is 5.10 Å². The number of nitrogens with zero attached hydrogens (tertiary/aromatic N) is 2. The van der Waals surface area contributed by atoms with Crippen molar-refractivity contribution in [2.45, 2.75) is 38.6 Å². The molecule has 2 aliphatic carbocycles. The Morgan fingerprint density at radius 1 is 1.38 bits per heavy atom. The Morgan fingerprint density at radius 2 is 2.31 bits per heavy atom. The van der Waals surface area contributed by atoms with Gasteiger partial charge in [0.05, 0.1) is 6.20 Å². The van der Waals surface area contributed by atoms with Gasteiger partial charge in [-0.05, 0) is 55.5 Å². The Bertz CT molecular complexity index is 358. The highest BCUT2D eigenvalue weighted by Crippen LogP contribution is 2.48. The molecule has 0 amide bonds. The zero-order chi connectivity index (χ0) is 11.0. The normalized spacial score (nSPS) is 32.4. The van der Waals surface area contributed by atoms with E-state index < -0.39 is 0 Å². The molecule has 0 radical (unpaired) electrons. The summed E-state index contributed by atoms with van der Waals surface area (Å²) in [6.45, 7) is 1.85. The van der Waals surface area contributed by atoms with Crippen LogP contribution in [0.4, 0.5) is 0 Å². The van der Waals surface area contributed by atoms with Crippen LogP contribution in [0.2, 0.25) is 0 Å². The molecule has 2 aliphatic rings. The monoisotopic (exact) mass is 219 g/mol. The maximum absolute atomic E-state index is 5.55. The lowest BCUT2D eigenvalue weighted by Crippen LogP contribution is -2.17. The van der Waals surface area contributed by atoms with Crippen LogP contribution in [0, 0.1) is 17.8 Å². The van der Waals surface area contributed by atoms with Gasteiger partial charge in [0.2, 0.25) is 0 Å². The summed E-state index contributed by atoms with van der Waals surface area (Å²) in [7, 11) is 0. The molecular weight excluding hydrogens is 198 g/mol. The predicted octanol–water partition coefficient (Wildman–Crippen LogP) is 1.82. The fraction of sp³-hybridized carbons (Fsp3) is 0.769. The summed E-state index contributed by atoms with van der Waals surface area (Å²) in [4.78, 5) is 0. The van der Waals surface area contributed by atoms with Crippen molar-refractivity contribution in [3.8, 4) is 0 Å². The third kappa shape index (κ3) is 1.88. The van der Waals surface area contributed by atoms with E-state index >= 15 is 0 Å². The molecule has 0 spiro atoms. The number of nitrogens with two attached hydrogens (primary N) is 1. The average Bonchev–Trinajstić information content (AvgIpc) is 2.95. The largest absolute Gasteiger partial charge is 0.330 e. The number of fused-ring (bicyclic) bond motifs is 2. The number of rotatable bonds is 4. The van der Waals surface area contributed by atoms with Gasteiger partial charge >= 0.3 is 0 Å². The molecule has 1 aromatic rings. The zero-order valence-electron chi connectivity index (χ0n) is 9.81. The van der Waals surface area contributed by atoms with Crippen LogP contribution in [-0.4, -0.2) is 16.3 Å². The van der Waals surface area contributed by atoms with E-state index in [4.69, 9.17) is 5.73 Å². The van der Waals surface area contributed by atoms with Gasteiger partial charge in [0.15, 0.2) is 0 Å². The molecule has 0 aliphatic heterocycles. The summed E-state index contributed by atoms with van der Waals surface area (Å²) in [5.41, 5.74) is 6.83. The van der Waals surface area contributed by atoms with E-state index in [1.165, 1.54) is 31.2 Å². The Hall–Kier alpha value is -0.830. The lowest BCUT2D eigenvalue weighted by Gasteiger charge is -2.21. The molecule has 88 valence electrons. The van der Waals surface area contributed by atoms with Crippen molar-refractivity contribution in [1.82, 2.24) is 9.78 Å². The standard InChI is InChI=1S/C13H21N3/c14-4-3-11-7-15-16(8-11)9-13-6-10-1-2-12(13)5-10/h7-8,10,12-13H,1-6,9,14H2. The topological polar surface area (TPSA) is 43.8 Å². The first-order valence-electron chi connectivity index (χ1n) is 6.56. The van der Waals surface area contributed by atoms with Gasteiger partial charge in [0.1, 0.15) is 0 Å². The Kier molecular flexibility index (Phi) is 2.72. The molecule has 2 saturated carbocycles. The van der Waals surface area contributed by atoms with Crippen LogP contribution in [-0.2, 0) is 13.0 Å². The summed E-state index contributed by atoms with van der Waals surface area (Å²) in [5.74, 6) is 2.92. The molecule has 3 unspecified atom stereocenters. The lowest BCUT2D eigenvalue weighted by atomic mass is 9.89. The molecule has 2 N–H and O–H groups in total. The Balaban J connectivity index is 1.61. The maximum Gasteiger partial charge on any atom is 0.0522 e. The molecule has 0 aromatic carbocycles. The quantitative estimate of drug-likeness (QED) is 0.839. The fourth-order valence-corrected chi connectivity index (χ4v) is 3.64. The Labute approximate surface area is 97.0 Å². The van der Waals surface area contributed by atoms with Crippen molar-refractivity contribution in [3.05, 3.63) is 18.0 Å². The average molecular weight is 219 g/mol. The highest BCUT2D eigenvalue weighted by molar-refractivity contribution is 5.04. The zero-order valence-corrected chi connectivity index (χ0v) is 9.81. The van der Waals surface area contributed by atoms with Crippen LogP contribution < -0.4 is 5.73 Å². The first-order chi connectivity index (χ1) is 7.85. The Morgan fingerprint density at radius 3 is 3.00 bits per heavy atom. The lowest BCUT2D eigenvalue weighted by molar-refractivity contribution is 0.285. The van der Waals surface area contributed by atoms with Crippen LogP contribution >= 0.6 is 0 Å². The van der Waals surface area contributed by atoms with Crippen LogP contribution in [0.5, 0.6) is 0 Å². The van der Waals surface area contributed by atoms with Gasteiger partial charge in [0, 0.05) is 12.7 Å². The molecule has 1 aromatic heterocycles. The van der Waals surface area contributed by atoms with Crippen molar-refractivity contribution >= 4 is 0 Å². The predicted molar refractivity (Wildman–Crippen MR) is 63.9 cm³/mol. The smallest absolute Gasteiger partial charge is 0.0522 e. The molecule has 2 fully saturated rings. The third-order valence-corrected chi connectivity index (χ3v) is 4.43. The van der Waals surface area contributed by atoms with E-state index in [1.54, 1.807) is 0 Å². The van der Waals surface area contributed by atoms with Crippen molar-refractivity contribution in [3.63, 3.8) is 0 Å². The minimum Gasteiger partial charge on any atom is -0.330 e. The minimum atomic E-state index is 0.722. The van der Waals surface area contributed by atoms with Crippen molar-refractivity contribution in [1.29, 1.82) is 0 Å². The highest BCUT2D eigenvalue weighted by Gasteiger charge is 2.39. The highest BCUT2D eigenvalue weighted by atomic mass is 15.3. The molecule has 3 atom stereocenters. The van der Waals surface area contributed by atoms with Crippen molar-refractivity contribution in [2.75, 3.05) is 6.54 Å². The number of aromatic nitrogens is 2. The summed E-state index contributed by atoms with van der Waals surface area (Å²) in [6.07, 6.45) is 11.0. The van der Waals surface area contributed by atoms with Crippen LogP contribution in [0.25, 0.3) is 0 Å². The van der Waals surface area contributed by atoms with Gasteiger partial charge in [-0.1, -0.05) is 6.42 Å². The molecule has 1 heterocycles. The van der Waals surface area contributed by atoms with Gasteiger partial charge in [0.25, 0.3) is 0 Å². The number of hydrogen-bond acceptors (Lipinski definition) is 2. The molecule has 2 bridgehead atoms. The van der Waals surface area contributed by atoms with Gasteiger partial charge < -0.3 is 5.73 Å². The van der Waals surface area contributed by atoms with Gasteiger partial charge in [-0.3, -0.25) is 4.68 Å². The van der Waals surface area contributed by atoms with Crippen LogP contribution in [0.1, 0.15) is 31.2 Å². The third-order valence-electron chi connectivity index (χ3n) is 4.43. The molecule has 0 saturated heterocycles. The van der Waals surface area contributed by atoms with E-state index in [0.717, 1.165) is 37.3 Å². The van der Waals surface area contributed by atoms with E-state index in [0.29, 0.717) is 0 Å². The summed E-state index contributed by atoms with van der Waals surface area (Å²) < 4.78 is 2.14. The van der Waals surface area contributed by atoms with Gasteiger partial charge in [-0.15, -0.1) is 0 Å². The van der Waals surface area contributed by atoms with Crippen LogP contribution in [0.3, 0.4) is 0 Å². The van der Waals surface area contributed by atoms with Crippen molar-refractivity contribution < 1.29 is 0 Å². The minimum absolute atomic E-state index is 0.722. The van der Waals surface area contributed by atoms with E-state index in [-0.39, 0.29) is 0 Å². The van der Waals surface area contributed by atoms with E-state index in [2.05, 4.69) is 16.0 Å². The summed E-state index contributed by atoms with van der Waals surface area (Å²) >= 11 is 0. The second kappa shape index (κ2) is 4.21. The molecule has 3 rings (SSSR count). The summed E-state index contributed by atoms with van der Waals surface area (Å²) in [5, 5.41) is 4.44. The second-order valence-electron chi connectivity index (χ2n) is 5.54. The number of hydrogen-bond donors (Lipinski definition) is 1. The maximum atomic E-state index is 5.55. The molecule has 3 nitrogen and oxygen atoms in total. The van der Waals surface area contributed by atoms with E-state index in [9.17, 15) is 0 Å². The SMILES string of the molecule is NCCc1cnn(CC2CC3CCC2C3)c1. The van der Waals surface area contributed by atoms with Crippen molar-refractivity contribution in [2.24, 2.45) is 23.5 Å². The second-order valence-corrected chi connectivity index (χ2v) is 5.54. The molecule has 16 heavy (non-hydrogen) atoms. The summed E-state index contributed by atoms with van der Waals surface area (Å²) in [6, 6.07) is 0. The first kappa shape index (κ1) is 10.3. The first-order valence-corrected chi connectivity index (χ1v) is 6.56. The van der Waals surface area contributed by atoms with Gasteiger partial charge in [-0.25, -0.2) is 0 Å².